The van der Waals surface area contributed by atoms with Crippen molar-refractivity contribution in [3.8, 4) is 17.1 Å². The van der Waals surface area contributed by atoms with Crippen LogP contribution in [-0.4, -0.2) is 42.9 Å². The van der Waals surface area contributed by atoms with Gasteiger partial charge in [-0.25, -0.2) is 4.39 Å². The molecule has 2 aromatic heterocycles. The van der Waals surface area contributed by atoms with Gasteiger partial charge in [0, 0.05) is 31.5 Å². The molecule has 4 rings (SSSR count). The summed E-state index contributed by atoms with van der Waals surface area (Å²) in [7, 11) is 1.73. The summed E-state index contributed by atoms with van der Waals surface area (Å²) < 4.78 is 15.6. The normalized spacial score (nSPS) is 12.1. The largest absolute Gasteiger partial charge is 0.340 e. The quantitative estimate of drug-likeness (QED) is 0.296. The molecule has 0 aliphatic heterocycles. The SMILES string of the molecule is CC(Sc1nnc(-c2cccnc2)n1-c1ccccc1C(C)C)C(=O)N(C)Cc1cccc(F)c1. The van der Waals surface area contributed by atoms with Crippen molar-refractivity contribution in [1.29, 1.82) is 0 Å². The van der Waals surface area contributed by atoms with E-state index in [-0.39, 0.29) is 17.6 Å². The molecular formula is C27H28FN5OS. The molecule has 0 radical (unpaired) electrons. The number of thioether (sulfide) groups is 1. The number of aromatic nitrogens is 4. The van der Waals surface area contributed by atoms with Gasteiger partial charge in [0.1, 0.15) is 5.82 Å². The van der Waals surface area contributed by atoms with Crippen molar-refractivity contribution in [2.45, 2.75) is 43.6 Å². The highest BCUT2D eigenvalue weighted by molar-refractivity contribution is 8.00. The summed E-state index contributed by atoms with van der Waals surface area (Å²) in [4.78, 5) is 19.0. The first kappa shape index (κ1) is 24.6. The third kappa shape index (κ3) is 5.59. The summed E-state index contributed by atoms with van der Waals surface area (Å²) in [6.07, 6.45) is 3.48. The van der Waals surface area contributed by atoms with E-state index in [0.717, 1.165) is 22.4 Å². The van der Waals surface area contributed by atoms with Crippen molar-refractivity contribution in [2.75, 3.05) is 7.05 Å². The highest BCUT2D eigenvalue weighted by Gasteiger charge is 2.25. The van der Waals surface area contributed by atoms with Crippen LogP contribution < -0.4 is 0 Å². The fourth-order valence-electron chi connectivity index (χ4n) is 3.93. The van der Waals surface area contributed by atoms with Crippen molar-refractivity contribution in [1.82, 2.24) is 24.6 Å². The molecule has 1 atom stereocenters. The van der Waals surface area contributed by atoms with Gasteiger partial charge < -0.3 is 4.90 Å². The smallest absolute Gasteiger partial charge is 0.235 e. The maximum absolute atomic E-state index is 13.6. The molecule has 180 valence electrons. The number of halogens is 1. The second-order valence-corrected chi connectivity index (χ2v) is 9.99. The molecule has 0 saturated heterocycles. The zero-order valence-corrected chi connectivity index (χ0v) is 21.0. The van der Waals surface area contributed by atoms with E-state index in [0.29, 0.717) is 17.5 Å². The zero-order valence-electron chi connectivity index (χ0n) is 20.2. The number of pyridine rings is 1. The lowest BCUT2D eigenvalue weighted by Crippen LogP contribution is -2.33. The first-order valence-corrected chi connectivity index (χ1v) is 12.3. The number of nitrogens with zero attached hydrogens (tertiary/aromatic N) is 5. The Kier molecular flexibility index (Phi) is 7.60. The van der Waals surface area contributed by atoms with Gasteiger partial charge in [0.15, 0.2) is 11.0 Å². The molecule has 2 heterocycles. The van der Waals surface area contributed by atoms with Crippen molar-refractivity contribution in [3.05, 3.63) is 90.0 Å². The monoisotopic (exact) mass is 489 g/mol. The molecule has 0 saturated carbocycles. The lowest BCUT2D eigenvalue weighted by atomic mass is 10.0. The Labute approximate surface area is 209 Å². The molecule has 1 amide bonds. The van der Waals surface area contributed by atoms with Gasteiger partial charge >= 0.3 is 0 Å². The molecule has 0 aliphatic carbocycles. The van der Waals surface area contributed by atoms with E-state index >= 15 is 0 Å². The highest BCUT2D eigenvalue weighted by Crippen LogP contribution is 2.33. The number of carbonyl (C=O) groups is 1. The van der Waals surface area contributed by atoms with Crippen LogP contribution in [-0.2, 0) is 11.3 Å². The van der Waals surface area contributed by atoms with Gasteiger partial charge in [0.2, 0.25) is 5.91 Å². The fraction of sp³-hybridized carbons (Fsp3) is 0.259. The number of carbonyl (C=O) groups excluding carboxylic acids is 1. The van der Waals surface area contributed by atoms with E-state index in [1.807, 2.05) is 47.9 Å². The molecule has 0 fully saturated rings. The van der Waals surface area contributed by atoms with Crippen LogP contribution in [0, 0.1) is 5.82 Å². The molecule has 2 aromatic carbocycles. The maximum atomic E-state index is 13.6. The molecule has 0 aliphatic rings. The summed E-state index contributed by atoms with van der Waals surface area (Å²) >= 11 is 1.35. The minimum Gasteiger partial charge on any atom is -0.340 e. The average molecular weight is 490 g/mol. The van der Waals surface area contributed by atoms with Gasteiger partial charge in [-0.15, -0.1) is 10.2 Å². The fourth-order valence-corrected chi connectivity index (χ4v) is 4.91. The summed E-state index contributed by atoms with van der Waals surface area (Å²) in [5.74, 6) is 0.561. The van der Waals surface area contributed by atoms with Crippen LogP contribution in [0.5, 0.6) is 0 Å². The van der Waals surface area contributed by atoms with E-state index < -0.39 is 5.25 Å². The van der Waals surface area contributed by atoms with Crippen molar-refractivity contribution >= 4 is 17.7 Å². The molecular weight excluding hydrogens is 461 g/mol. The first-order chi connectivity index (χ1) is 16.8. The third-order valence-corrected chi connectivity index (χ3v) is 6.70. The van der Waals surface area contributed by atoms with Gasteiger partial charge in [-0.05, 0) is 54.3 Å². The highest BCUT2D eigenvalue weighted by atomic mass is 32.2. The minimum atomic E-state index is -0.426. The van der Waals surface area contributed by atoms with Gasteiger partial charge in [0.25, 0.3) is 0 Å². The van der Waals surface area contributed by atoms with E-state index in [1.165, 1.54) is 23.9 Å². The maximum Gasteiger partial charge on any atom is 0.235 e. The molecule has 8 heteroatoms. The summed E-state index contributed by atoms with van der Waals surface area (Å²) in [5, 5.41) is 9.15. The van der Waals surface area contributed by atoms with Crippen LogP contribution in [0.15, 0.2) is 78.2 Å². The molecule has 35 heavy (non-hydrogen) atoms. The molecule has 4 aromatic rings. The Hall–Kier alpha value is -3.52. The van der Waals surface area contributed by atoms with E-state index in [2.05, 4.69) is 35.1 Å². The van der Waals surface area contributed by atoms with Crippen LogP contribution in [0.25, 0.3) is 17.1 Å². The third-order valence-electron chi connectivity index (χ3n) is 5.67. The Morgan fingerprint density at radius 2 is 1.86 bits per heavy atom. The number of rotatable bonds is 8. The zero-order chi connectivity index (χ0) is 24.9. The number of para-hydroxylation sites is 1. The number of hydrogen-bond acceptors (Lipinski definition) is 5. The molecule has 1 unspecified atom stereocenters. The number of benzene rings is 2. The van der Waals surface area contributed by atoms with Crippen molar-refractivity contribution < 1.29 is 9.18 Å². The first-order valence-electron chi connectivity index (χ1n) is 11.5. The topological polar surface area (TPSA) is 63.9 Å². The van der Waals surface area contributed by atoms with Gasteiger partial charge in [-0.1, -0.05) is 55.9 Å². The average Bonchev–Trinajstić information content (AvgIpc) is 3.27. The summed E-state index contributed by atoms with van der Waals surface area (Å²) in [5.41, 5.74) is 3.71. The predicted octanol–water partition coefficient (Wildman–Crippen LogP) is 5.73. The number of hydrogen-bond donors (Lipinski definition) is 0. The van der Waals surface area contributed by atoms with Crippen LogP contribution >= 0.6 is 11.8 Å². The standard InChI is InChI=1S/C27H28FN5OS/c1-18(2)23-12-5-6-13-24(23)33-25(21-10-8-14-29-16-21)30-31-27(33)35-19(3)26(34)32(4)17-20-9-7-11-22(28)15-20/h5-16,18-19H,17H2,1-4H3. The van der Waals surface area contributed by atoms with Crippen molar-refractivity contribution in [2.24, 2.45) is 0 Å². The molecule has 0 N–H and O–H groups in total. The van der Waals surface area contributed by atoms with Gasteiger partial charge in [0.05, 0.1) is 10.9 Å². The predicted molar refractivity (Wildman–Crippen MR) is 137 cm³/mol. The molecule has 0 bridgehead atoms. The Bertz CT molecular complexity index is 1310. The van der Waals surface area contributed by atoms with Crippen LogP contribution in [0.2, 0.25) is 0 Å². The molecule has 0 spiro atoms. The van der Waals surface area contributed by atoms with Crippen LogP contribution in [0.3, 0.4) is 0 Å². The summed E-state index contributed by atoms with van der Waals surface area (Å²) in [6, 6.07) is 18.3. The summed E-state index contributed by atoms with van der Waals surface area (Å²) in [6.45, 7) is 6.47. The Morgan fingerprint density at radius 1 is 1.06 bits per heavy atom. The second kappa shape index (κ2) is 10.8. The van der Waals surface area contributed by atoms with Gasteiger partial charge in [-0.2, -0.15) is 0 Å². The van der Waals surface area contributed by atoms with E-state index in [1.54, 1.807) is 30.4 Å². The van der Waals surface area contributed by atoms with Crippen LogP contribution in [0.4, 0.5) is 4.39 Å². The Balaban J connectivity index is 1.66. The van der Waals surface area contributed by atoms with Crippen LogP contribution in [0.1, 0.15) is 37.8 Å². The number of amides is 1. The van der Waals surface area contributed by atoms with E-state index in [4.69, 9.17) is 0 Å². The lowest BCUT2D eigenvalue weighted by molar-refractivity contribution is -0.129. The Morgan fingerprint density at radius 3 is 2.57 bits per heavy atom. The minimum absolute atomic E-state index is 0.0751. The molecule has 6 nitrogen and oxygen atoms in total. The van der Waals surface area contributed by atoms with Gasteiger partial charge in [-0.3, -0.25) is 14.3 Å². The van der Waals surface area contributed by atoms with Crippen molar-refractivity contribution in [3.63, 3.8) is 0 Å². The van der Waals surface area contributed by atoms with E-state index in [9.17, 15) is 9.18 Å². The second-order valence-electron chi connectivity index (χ2n) is 8.68. The lowest BCUT2D eigenvalue weighted by Gasteiger charge is -2.22.